The standard InChI is InChI=1S/C18H15BrN4S2/c19-15-8-7-14(25-15)17-16(13-6-2-4-10-21-13)22-18(24)23(17)11-12-5-1-3-9-20-12/h1-10,16-17H,11H2,(H,22,24)/t16-,17+/m0/s1. The maximum absolute atomic E-state index is 5.65. The Morgan fingerprint density at radius 2 is 1.88 bits per heavy atom. The van der Waals surface area contributed by atoms with Crippen LogP contribution in [0.15, 0.2) is 64.7 Å². The van der Waals surface area contributed by atoms with Gasteiger partial charge in [0, 0.05) is 17.3 Å². The fraction of sp³-hybridized carbons (Fsp3) is 0.167. The number of thiophene rings is 1. The third kappa shape index (κ3) is 3.44. The van der Waals surface area contributed by atoms with Crippen molar-refractivity contribution in [2.24, 2.45) is 0 Å². The van der Waals surface area contributed by atoms with Crippen molar-refractivity contribution in [1.29, 1.82) is 0 Å². The molecule has 0 aromatic carbocycles. The Hall–Kier alpha value is -1.83. The second-order valence-electron chi connectivity index (χ2n) is 5.72. The molecular weight excluding hydrogens is 416 g/mol. The van der Waals surface area contributed by atoms with Crippen LogP contribution < -0.4 is 5.32 Å². The Balaban J connectivity index is 1.72. The zero-order valence-corrected chi connectivity index (χ0v) is 16.4. The maximum Gasteiger partial charge on any atom is 0.170 e. The Bertz CT molecular complexity index is 869. The zero-order chi connectivity index (χ0) is 17.2. The molecule has 2 atom stereocenters. The van der Waals surface area contributed by atoms with E-state index in [1.165, 1.54) is 4.88 Å². The fourth-order valence-corrected chi connectivity index (χ4v) is 4.92. The van der Waals surface area contributed by atoms with Gasteiger partial charge in [-0.15, -0.1) is 11.3 Å². The largest absolute Gasteiger partial charge is 0.352 e. The van der Waals surface area contributed by atoms with E-state index in [0.717, 1.165) is 20.3 Å². The van der Waals surface area contributed by atoms with Gasteiger partial charge in [-0.2, -0.15) is 0 Å². The van der Waals surface area contributed by atoms with Gasteiger partial charge >= 0.3 is 0 Å². The van der Waals surface area contributed by atoms with E-state index in [4.69, 9.17) is 12.2 Å². The minimum atomic E-state index is 0.0166. The van der Waals surface area contributed by atoms with Crippen molar-refractivity contribution < 1.29 is 0 Å². The van der Waals surface area contributed by atoms with Crippen LogP contribution in [0.1, 0.15) is 28.3 Å². The van der Waals surface area contributed by atoms with Gasteiger partial charge in [0.2, 0.25) is 0 Å². The van der Waals surface area contributed by atoms with Gasteiger partial charge in [-0.1, -0.05) is 12.1 Å². The number of rotatable bonds is 4. The second kappa shape index (κ2) is 7.19. The molecule has 0 radical (unpaired) electrons. The molecule has 0 saturated carbocycles. The lowest BCUT2D eigenvalue weighted by atomic mass is 10.0. The van der Waals surface area contributed by atoms with Gasteiger partial charge in [0.15, 0.2) is 5.11 Å². The Kier molecular flexibility index (Phi) is 4.78. The fourth-order valence-electron chi connectivity index (χ4n) is 3.04. The summed E-state index contributed by atoms with van der Waals surface area (Å²) in [4.78, 5) is 12.5. The lowest BCUT2D eigenvalue weighted by molar-refractivity contribution is 0.312. The Labute approximate surface area is 164 Å². The van der Waals surface area contributed by atoms with Crippen molar-refractivity contribution in [2.75, 3.05) is 0 Å². The minimum Gasteiger partial charge on any atom is -0.352 e. The third-order valence-corrected chi connectivity index (χ3v) is 6.19. The van der Waals surface area contributed by atoms with E-state index in [-0.39, 0.29) is 12.1 Å². The van der Waals surface area contributed by atoms with Gasteiger partial charge in [0.25, 0.3) is 0 Å². The van der Waals surface area contributed by atoms with Gasteiger partial charge in [-0.05, 0) is 64.5 Å². The molecule has 3 aromatic rings. The van der Waals surface area contributed by atoms with Crippen LogP contribution in [0, 0.1) is 0 Å². The highest BCUT2D eigenvalue weighted by molar-refractivity contribution is 9.11. The molecule has 0 aliphatic carbocycles. The van der Waals surface area contributed by atoms with Gasteiger partial charge in [0.05, 0.1) is 33.8 Å². The Morgan fingerprint density at radius 1 is 1.08 bits per heavy atom. The third-order valence-electron chi connectivity index (χ3n) is 4.14. The molecular formula is C18H15BrN4S2. The average molecular weight is 431 g/mol. The predicted octanol–water partition coefficient (Wildman–Crippen LogP) is 4.47. The lowest BCUT2D eigenvalue weighted by Crippen LogP contribution is -2.29. The molecule has 0 amide bonds. The molecule has 0 bridgehead atoms. The molecule has 0 spiro atoms. The van der Waals surface area contributed by atoms with Crippen molar-refractivity contribution in [3.63, 3.8) is 0 Å². The quantitative estimate of drug-likeness (QED) is 0.618. The number of pyridine rings is 2. The van der Waals surface area contributed by atoms with Crippen molar-refractivity contribution >= 4 is 44.6 Å². The predicted molar refractivity (Wildman–Crippen MR) is 107 cm³/mol. The average Bonchev–Trinajstić information content (AvgIpc) is 3.20. The number of nitrogens with zero attached hydrogens (tertiary/aromatic N) is 3. The van der Waals surface area contributed by atoms with Gasteiger partial charge in [-0.3, -0.25) is 9.97 Å². The van der Waals surface area contributed by atoms with E-state index in [1.54, 1.807) is 11.3 Å². The molecule has 4 rings (SSSR count). The molecule has 1 saturated heterocycles. The highest BCUT2D eigenvalue weighted by Gasteiger charge is 2.40. The summed E-state index contributed by atoms with van der Waals surface area (Å²) in [6, 6.07) is 16.3. The summed E-state index contributed by atoms with van der Waals surface area (Å²) in [6.45, 7) is 0.663. The topological polar surface area (TPSA) is 41.1 Å². The maximum atomic E-state index is 5.65. The van der Waals surface area contributed by atoms with E-state index >= 15 is 0 Å². The number of hydrogen-bond acceptors (Lipinski definition) is 4. The van der Waals surface area contributed by atoms with Crippen LogP contribution in [0.4, 0.5) is 0 Å². The normalized spacial score (nSPS) is 19.9. The van der Waals surface area contributed by atoms with E-state index in [2.05, 4.69) is 48.2 Å². The molecule has 0 unspecified atom stereocenters. The van der Waals surface area contributed by atoms with Crippen LogP contribution >= 0.6 is 39.5 Å². The number of halogens is 1. The summed E-state index contributed by atoms with van der Waals surface area (Å²) in [6.07, 6.45) is 3.64. The first-order chi connectivity index (χ1) is 12.2. The molecule has 25 heavy (non-hydrogen) atoms. The number of hydrogen-bond donors (Lipinski definition) is 1. The highest BCUT2D eigenvalue weighted by Crippen LogP contribution is 2.42. The van der Waals surface area contributed by atoms with Crippen LogP contribution in [-0.4, -0.2) is 20.0 Å². The Morgan fingerprint density at radius 3 is 2.52 bits per heavy atom. The summed E-state index contributed by atoms with van der Waals surface area (Å²) in [7, 11) is 0. The monoisotopic (exact) mass is 430 g/mol. The summed E-state index contributed by atoms with van der Waals surface area (Å²) in [5, 5.41) is 4.19. The van der Waals surface area contributed by atoms with Gasteiger partial charge in [0.1, 0.15) is 0 Å². The molecule has 1 fully saturated rings. The molecule has 126 valence electrons. The van der Waals surface area contributed by atoms with E-state index in [1.807, 2.05) is 48.8 Å². The van der Waals surface area contributed by atoms with E-state index in [0.29, 0.717) is 6.54 Å². The first-order valence-electron chi connectivity index (χ1n) is 7.85. The lowest BCUT2D eigenvalue weighted by Gasteiger charge is -2.26. The summed E-state index contributed by atoms with van der Waals surface area (Å²) in [5.74, 6) is 0. The summed E-state index contributed by atoms with van der Waals surface area (Å²) < 4.78 is 1.11. The van der Waals surface area contributed by atoms with Crippen molar-refractivity contribution in [1.82, 2.24) is 20.2 Å². The van der Waals surface area contributed by atoms with Crippen LogP contribution in [0.2, 0.25) is 0 Å². The van der Waals surface area contributed by atoms with Crippen LogP contribution in [0.5, 0.6) is 0 Å². The minimum absolute atomic E-state index is 0.0166. The van der Waals surface area contributed by atoms with Crippen molar-refractivity contribution in [3.05, 3.63) is 81.0 Å². The van der Waals surface area contributed by atoms with Crippen molar-refractivity contribution in [2.45, 2.75) is 18.6 Å². The zero-order valence-electron chi connectivity index (χ0n) is 13.2. The van der Waals surface area contributed by atoms with E-state index in [9.17, 15) is 0 Å². The summed E-state index contributed by atoms with van der Waals surface area (Å²) >= 11 is 11.0. The first kappa shape index (κ1) is 16.6. The molecule has 7 heteroatoms. The number of nitrogens with one attached hydrogen (secondary N) is 1. The number of thiocarbonyl (C=S) groups is 1. The second-order valence-corrected chi connectivity index (χ2v) is 8.60. The van der Waals surface area contributed by atoms with Crippen LogP contribution in [-0.2, 0) is 6.54 Å². The molecule has 1 aliphatic heterocycles. The first-order valence-corrected chi connectivity index (χ1v) is 9.87. The number of aromatic nitrogens is 2. The summed E-state index contributed by atoms with van der Waals surface area (Å²) in [5.41, 5.74) is 1.98. The van der Waals surface area contributed by atoms with Crippen molar-refractivity contribution in [3.8, 4) is 0 Å². The SMILES string of the molecule is S=C1N[C@@H](c2ccccn2)[C@@H](c2ccc(Br)s2)N1Cc1ccccn1. The van der Waals surface area contributed by atoms with Gasteiger partial charge < -0.3 is 10.2 Å². The van der Waals surface area contributed by atoms with Crippen LogP contribution in [0.3, 0.4) is 0 Å². The highest BCUT2D eigenvalue weighted by atomic mass is 79.9. The molecule has 3 aromatic heterocycles. The molecule has 1 N–H and O–H groups in total. The molecule has 4 heterocycles. The smallest absolute Gasteiger partial charge is 0.170 e. The molecule has 4 nitrogen and oxygen atoms in total. The van der Waals surface area contributed by atoms with E-state index < -0.39 is 0 Å². The molecule has 1 aliphatic rings. The van der Waals surface area contributed by atoms with Crippen LogP contribution in [0.25, 0.3) is 0 Å². The van der Waals surface area contributed by atoms with Gasteiger partial charge in [-0.25, -0.2) is 0 Å².